The van der Waals surface area contributed by atoms with E-state index in [2.05, 4.69) is 5.32 Å². The molecular formula is C27H20ClN3O3. The molecule has 0 aromatic heterocycles. The molecule has 2 saturated heterocycles. The van der Waals surface area contributed by atoms with Crippen molar-refractivity contribution in [1.29, 1.82) is 0 Å². The summed E-state index contributed by atoms with van der Waals surface area (Å²) >= 11 is 5.99. The van der Waals surface area contributed by atoms with Gasteiger partial charge in [0.15, 0.2) is 0 Å². The van der Waals surface area contributed by atoms with Crippen LogP contribution in [-0.4, -0.2) is 29.8 Å². The van der Waals surface area contributed by atoms with Gasteiger partial charge >= 0.3 is 0 Å². The lowest BCUT2D eigenvalue weighted by Crippen LogP contribution is -2.50. The van der Waals surface area contributed by atoms with E-state index in [9.17, 15) is 14.4 Å². The number of para-hydroxylation sites is 2. The fourth-order valence-electron chi connectivity index (χ4n) is 5.39. The number of nitrogens with one attached hydrogen (secondary N) is 1. The van der Waals surface area contributed by atoms with Crippen molar-refractivity contribution in [3.8, 4) is 0 Å². The Morgan fingerprint density at radius 3 is 2.26 bits per heavy atom. The topological polar surface area (TPSA) is 69.7 Å². The lowest BCUT2D eigenvalue weighted by molar-refractivity contribution is -0.126. The Balaban J connectivity index is 1.44. The summed E-state index contributed by atoms with van der Waals surface area (Å²) in [5.41, 5.74) is 2.89. The molecule has 6 rings (SSSR count). The zero-order chi connectivity index (χ0) is 23.4. The summed E-state index contributed by atoms with van der Waals surface area (Å²) in [5.74, 6) is -2.42. The van der Waals surface area contributed by atoms with E-state index in [1.54, 1.807) is 48.5 Å². The van der Waals surface area contributed by atoms with Gasteiger partial charge in [-0.2, -0.15) is 0 Å². The van der Waals surface area contributed by atoms with Crippen LogP contribution >= 0.6 is 11.6 Å². The molecular weight excluding hydrogens is 450 g/mol. The van der Waals surface area contributed by atoms with Crippen LogP contribution in [0.5, 0.6) is 0 Å². The van der Waals surface area contributed by atoms with Gasteiger partial charge < -0.3 is 10.2 Å². The van der Waals surface area contributed by atoms with Crippen molar-refractivity contribution in [2.75, 3.05) is 15.1 Å². The molecule has 0 radical (unpaired) electrons. The van der Waals surface area contributed by atoms with Gasteiger partial charge in [0.05, 0.1) is 23.6 Å². The molecule has 0 unspecified atom stereocenters. The summed E-state index contributed by atoms with van der Waals surface area (Å²) in [6.45, 7) is 0. The third-order valence-corrected chi connectivity index (χ3v) is 7.06. The number of imide groups is 1. The second kappa shape index (κ2) is 7.85. The molecule has 0 saturated carbocycles. The molecule has 2 fully saturated rings. The van der Waals surface area contributed by atoms with Gasteiger partial charge in [0.25, 0.3) is 0 Å². The fourth-order valence-corrected chi connectivity index (χ4v) is 5.52. The Hall–Kier alpha value is -3.90. The zero-order valence-electron chi connectivity index (χ0n) is 18.0. The molecule has 3 aromatic rings. The summed E-state index contributed by atoms with van der Waals surface area (Å²) in [5, 5.41) is 3.49. The number of nitrogens with zero attached hydrogens (tertiary/aromatic N) is 2. The number of benzene rings is 3. The highest BCUT2D eigenvalue weighted by Crippen LogP contribution is 2.49. The number of carbonyl (C=O) groups is 3. The summed E-state index contributed by atoms with van der Waals surface area (Å²) < 4.78 is 0. The van der Waals surface area contributed by atoms with Gasteiger partial charge in [-0.25, -0.2) is 4.90 Å². The molecule has 34 heavy (non-hydrogen) atoms. The van der Waals surface area contributed by atoms with Crippen LogP contribution in [-0.2, 0) is 14.4 Å². The first-order valence-electron chi connectivity index (χ1n) is 11.1. The molecule has 3 amide bonds. The number of halogens is 1. The number of hydrogen-bond donors (Lipinski definition) is 1. The molecule has 4 atom stereocenters. The Kier molecular flexibility index (Phi) is 4.78. The average molecular weight is 470 g/mol. The number of rotatable bonds is 3. The molecule has 7 heteroatoms. The Labute approximate surface area is 201 Å². The highest BCUT2D eigenvalue weighted by molar-refractivity contribution is 6.30. The highest BCUT2D eigenvalue weighted by Gasteiger charge is 2.64. The van der Waals surface area contributed by atoms with Crippen molar-refractivity contribution < 1.29 is 14.4 Å². The van der Waals surface area contributed by atoms with Gasteiger partial charge in [0.1, 0.15) is 6.04 Å². The zero-order valence-corrected chi connectivity index (χ0v) is 18.7. The largest absolute Gasteiger partial charge is 0.351 e. The lowest BCUT2D eigenvalue weighted by atomic mass is 9.88. The van der Waals surface area contributed by atoms with Crippen molar-refractivity contribution in [1.82, 2.24) is 0 Å². The van der Waals surface area contributed by atoms with Crippen molar-refractivity contribution in [2.24, 2.45) is 11.8 Å². The van der Waals surface area contributed by atoms with Crippen molar-refractivity contribution in [3.63, 3.8) is 0 Å². The highest BCUT2D eigenvalue weighted by atomic mass is 35.5. The quantitative estimate of drug-likeness (QED) is 0.578. The predicted molar refractivity (Wildman–Crippen MR) is 132 cm³/mol. The SMILES string of the molecule is O=C(Nc1ccc(Cl)cc1)[C@H]1[C@H]2C(=O)N(c3ccccc3)C(=O)[C@H]2[C@@H]2C=Cc3ccccc3N21. The second-order valence-corrected chi connectivity index (χ2v) is 9.09. The van der Waals surface area contributed by atoms with Crippen LogP contribution < -0.4 is 15.1 Å². The van der Waals surface area contributed by atoms with Crippen LogP contribution in [0.25, 0.3) is 6.08 Å². The first-order chi connectivity index (χ1) is 16.5. The Morgan fingerprint density at radius 2 is 1.50 bits per heavy atom. The normalized spacial score (nSPS) is 24.6. The van der Waals surface area contributed by atoms with Crippen LogP contribution in [0.3, 0.4) is 0 Å². The van der Waals surface area contributed by atoms with Gasteiger partial charge in [-0.1, -0.05) is 60.2 Å². The molecule has 3 aliphatic heterocycles. The van der Waals surface area contributed by atoms with Crippen molar-refractivity contribution >= 4 is 52.5 Å². The first kappa shape index (κ1) is 20.7. The minimum atomic E-state index is -0.845. The van der Waals surface area contributed by atoms with E-state index < -0.39 is 23.9 Å². The minimum absolute atomic E-state index is 0.276. The third kappa shape index (κ3) is 3.06. The number of hydrogen-bond acceptors (Lipinski definition) is 4. The van der Waals surface area contributed by atoms with Crippen LogP contribution in [0, 0.1) is 11.8 Å². The van der Waals surface area contributed by atoms with Gasteiger partial charge in [0, 0.05) is 16.4 Å². The number of carbonyl (C=O) groups excluding carboxylic acids is 3. The Bertz CT molecular complexity index is 1340. The molecule has 3 aromatic carbocycles. The van der Waals surface area contributed by atoms with Gasteiger partial charge in [0.2, 0.25) is 17.7 Å². The smallest absolute Gasteiger partial charge is 0.247 e. The van der Waals surface area contributed by atoms with E-state index in [1.807, 2.05) is 47.4 Å². The van der Waals surface area contributed by atoms with E-state index in [4.69, 9.17) is 11.6 Å². The summed E-state index contributed by atoms with van der Waals surface area (Å²) in [4.78, 5) is 44.2. The molecule has 0 spiro atoms. The van der Waals surface area contributed by atoms with Crippen LogP contribution in [0.2, 0.25) is 5.02 Å². The third-order valence-electron chi connectivity index (χ3n) is 6.81. The molecule has 0 bridgehead atoms. The predicted octanol–water partition coefficient (Wildman–Crippen LogP) is 4.37. The molecule has 168 valence electrons. The van der Waals surface area contributed by atoms with Gasteiger partial charge in [-0.05, 0) is 48.0 Å². The van der Waals surface area contributed by atoms with E-state index in [0.29, 0.717) is 16.4 Å². The maximum Gasteiger partial charge on any atom is 0.247 e. The average Bonchev–Trinajstić information content (AvgIpc) is 3.34. The molecule has 3 heterocycles. The standard InChI is InChI=1S/C27H20ClN3O3/c28-17-11-13-18(14-12-17)29-25(32)24-23-22(21-15-10-16-6-4-5-9-20(16)31(21)24)26(33)30(27(23)34)19-7-2-1-3-8-19/h1-15,21-24H,(H,29,32)/t21-,22-,23-,24+/m0/s1. The maximum absolute atomic E-state index is 13.7. The molecule has 1 N–H and O–H groups in total. The summed E-state index contributed by atoms with van der Waals surface area (Å²) in [6.07, 6.45) is 3.91. The first-order valence-corrected chi connectivity index (χ1v) is 11.5. The number of anilines is 3. The molecule has 6 nitrogen and oxygen atoms in total. The fraction of sp³-hybridized carbons (Fsp3) is 0.148. The molecule has 3 aliphatic rings. The van der Waals surface area contributed by atoms with Crippen LogP contribution in [0.15, 0.2) is 84.9 Å². The second-order valence-electron chi connectivity index (χ2n) is 8.66. The summed E-state index contributed by atoms with van der Waals surface area (Å²) in [6, 6.07) is 22.2. The van der Waals surface area contributed by atoms with Crippen molar-refractivity contribution in [3.05, 3.63) is 95.5 Å². The van der Waals surface area contributed by atoms with E-state index in [1.165, 1.54) is 4.90 Å². The number of amides is 3. The molecule has 0 aliphatic carbocycles. The van der Waals surface area contributed by atoms with E-state index >= 15 is 0 Å². The Morgan fingerprint density at radius 1 is 0.824 bits per heavy atom. The van der Waals surface area contributed by atoms with E-state index in [-0.39, 0.29) is 17.7 Å². The van der Waals surface area contributed by atoms with Gasteiger partial charge in [-0.3, -0.25) is 14.4 Å². The van der Waals surface area contributed by atoms with E-state index in [0.717, 1.165) is 11.3 Å². The minimum Gasteiger partial charge on any atom is -0.351 e. The van der Waals surface area contributed by atoms with Gasteiger partial charge in [-0.15, -0.1) is 0 Å². The number of fused-ring (bicyclic) bond motifs is 5. The lowest BCUT2D eigenvalue weighted by Gasteiger charge is -2.36. The summed E-state index contributed by atoms with van der Waals surface area (Å²) in [7, 11) is 0. The van der Waals surface area contributed by atoms with Crippen LogP contribution in [0.1, 0.15) is 5.56 Å². The van der Waals surface area contributed by atoms with Crippen molar-refractivity contribution in [2.45, 2.75) is 12.1 Å². The van der Waals surface area contributed by atoms with Crippen LogP contribution in [0.4, 0.5) is 17.1 Å². The maximum atomic E-state index is 13.7. The monoisotopic (exact) mass is 469 g/mol.